The standard InChI is InChI=1S/C17H19N3O6S3/c21-27(22)7-12-14(9-27)20(15-10-28(23,24)8-13(15)19-12)29(25,26)16-5-1-3-11-4-2-6-18-17(11)16/h1-6,12-15,19H,7-10H2/t12-,13+,14-,15-/m1/s1. The summed E-state index contributed by atoms with van der Waals surface area (Å²) in [7, 11) is -11.1. The number of benzene rings is 1. The second-order valence-corrected chi connectivity index (χ2v) is 14.0. The highest BCUT2D eigenvalue weighted by molar-refractivity contribution is 7.92. The minimum absolute atomic E-state index is 0.0383. The lowest BCUT2D eigenvalue weighted by molar-refractivity contribution is 0.161. The second kappa shape index (κ2) is 6.20. The first-order valence-electron chi connectivity index (χ1n) is 9.12. The van der Waals surface area contributed by atoms with Crippen molar-refractivity contribution < 1.29 is 25.3 Å². The number of piperazine rings is 1. The third kappa shape index (κ3) is 3.08. The van der Waals surface area contributed by atoms with E-state index < -0.39 is 53.9 Å². The van der Waals surface area contributed by atoms with E-state index in [1.807, 2.05) is 0 Å². The zero-order valence-electron chi connectivity index (χ0n) is 15.2. The van der Waals surface area contributed by atoms with Crippen molar-refractivity contribution in [1.82, 2.24) is 14.6 Å². The molecule has 0 amide bonds. The van der Waals surface area contributed by atoms with Gasteiger partial charge in [-0.2, -0.15) is 4.31 Å². The third-order valence-electron chi connectivity index (χ3n) is 5.88. The highest BCUT2D eigenvalue weighted by Crippen LogP contribution is 2.37. The average molecular weight is 458 g/mol. The largest absolute Gasteiger partial charge is 0.306 e. The topological polar surface area (TPSA) is 131 Å². The van der Waals surface area contributed by atoms with E-state index in [1.54, 1.807) is 24.3 Å². The molecule has 1 aromatic carbocycles. The van der Waals surface area contributed by atoms with Crippen LogP contribution in [0.4, 0.5) is 0 Å². The molecule has 4 atom stereocenters. The van der Waals surface area contributed by atoms with Gasteiger partial charge in [0, 0.05) is 23.7 Å². The molecule has 0 bridgehead atoms. The van der Waals surface area contributed by atoms with Crippen LogP contribution in [0.25, 0.3) is 10.9 Å². The van der Waals surface area contributed by atoms with E-state index in [9.17, 15) is 25.3 Å². The van der Waals surface area contributed by atoms with Gasteiger partial charge in [0.15, 0.2) is 19.7 Å². The molecular weight excluding hydrogens is 438 g/mol. The second-order valence-electron chi connectivity index (χ2n) is 7.83. The normalized spacial score (nSPS) is 33.4. The molecule has 0 saturated carbocycles. The van der Waals surface area contributed by atoms with Crippen LogP contribution in [-0.4, -0.2) is 81.7 Å². The zero-order chi connectivity index (χ0) is 20.6. The lowest BCUT2D eigenvalue weighted by Gasteiger charge is -2.43. The van der Waals surface area contributed by atoms with Gasteiger partial charge >= 0.3 is 0 Å². The average Bonchev–Trinajstić information content (AvgIpc) is 3.10. The fourth-order valence-electron chi connectivity index (χ4n) is 4.75. The van der Waals surface area contributed by atoms with Gasteiger partial charge in [-0.15, -0.1) is 0 Å². The number of pyridine rings is 1. The number of sulfonamides is 1. The van der Waals surface area contributed by atoms with Crippen LogP contribution in [0.2, 0.25) is 0 Å². The van der Waals surface area contributed by atoms with Crippen molar-refractivity contribution in [2.75, 3.05) is 23.0 Å². The van der Waals surface area contributed by atoms with Gasteiger partial charge in [-0.25, -0.2) is 25.3 Å². The SMILES string of the molecule is O=S1(=O)C[C@@H]2N[C@@H]3CS(=O)(=O)C[C@H]3N(S(=O)(=O)c3cccc4cccnc34)[C@@H]2C1. The minimum Gasteiger partial charge on any atom is -0.306 e. The number of nitrogens with one attached hydrogen (secondary N) is 1. The van der Waals surface area contributed by atoms with Gasteiger partial charge in [0.2, 0.25) is 10.0 Å². The number of sulfone groups is 2. The molecule has 1 N–H and O–H groups in total. The summed E-state index contributed by atoms with van der Waals surface area (Å²) in [6, 6.07) is 5.25. The first-order chi connectivity index (χ1) is 13.6. The van der Waals surface area contributed by atoms with E-state index in [4.69, 9.17) is 0 Å². The lowest BCUT2D eigenvalue weighted by Crippen LogP contribution is -2.67. The van der Waals surface area contributed by atoms with E-state index >= 15 is 0 Å². The van der Waals surface area contributed by atoms with Crippen molar-refractivity contribution in [3.8, 4) is 0 Å². The van der Waals surface area contributed by atoms with Gasteiger partial charge < -0.3 is 5.32 Å². The molecule has 9 nitrogen and oxygen atoms in total. The van der Waals surface area contributed by atoms with Crippen LogP contribution in [-0.2, 0) is 29.7 Å². The molecule has 4 heterocycles. The molecule has 3 aliphatic heterocycles. The van der Waals surface area contributed by atoms with Gasteiger partial charge in [0.1, 0.15) is 4.90 Å². The van der Waals surface area contributed by atoms with Crippen molar-refractivity contribution >= 4 is 40.6 Å². The molecule has 3 saturated heterocycles. The maximum absolute atomic E-state index is 13.8. The number of rotatable bonds is 2. The van der Waals surface area contributed by atoms with E-state index in [-0.39, 0.29) is 33.4 Å². The van der Waals surface area contributed by atoms with Gasteiger partial charge in [-0.05, 0) is 12.1 Å². The molecule has 1 aromatic heterocycles. The predicted octanol–water partition coefficient (Wildman–Crippen LogP) is -0.840. The molecule has 5 rings (SSSR count). The van der Waals surface area contributed by atoms with E-state index in [0.29, 0.717) is 5.39 Å². The first-order valence-corrected chi connectivity index (χ1v) is 14.2. The first kappa shape index (κ1) is 19.4. The van der Waals surface area contributed by atoms with Crippen LogP contribution in [0.3, 0.4) is 0 Å². The molecule has 12 heteroatoms. The highest BCUT2D eigenvalue weighted by Gasteiger charge is 2.57. The van der Waals surface area contributed by atoms with E-state index in [0.717, 1.165) is 4.31 Å². The Hall–Kier alpha value is -1.60. The van der Waals surface area contributed by atoms with Crippen LogP contribution in [0.5, 0.6) is 0 Å². The molecule has 0 aliphatic carbocycles. The summed E-state index contributed by atoms with van der Waals surface area (Å²) in [6.07, 6.45) is 1.49. The predicted molar refractivity (Wildman–Crippen MR) is 106 cm³/mol. The summed E-state index contributed by atoms with van der Waals surface area (Å²) >= 11 is 0. The number of aromatic nitrogens is 1. The molecule has 0 spiro atoms. The van der Waals surface area contributed by atoms with Gasteiger partial charge in [0.25, 0.3) is 0 Å². The molecule has 3 aliphatic rings. The maximum Gasteiger partial charge on any atom is 0.245 e. The smallest absolute Gasteiger partial charge is 0.245 e. The minimum atomic E-state index is -4.20. The van der Waals surface area contributed by atoms with Crippen LogP contribution < -0.4 is 5.32 Å². The van der Waals surface area contributed by atoms with Crippen molar-refractivity contribution in [3.63, 3.8) is 0 Å². The Kier molecular flexibility index (Phi) is 4.14. The Morgan fingerprint density at radius 3 is 2.10 bits per heavy atom. The maximum atomic E-state index is 13.8. The van der Waals surface area contributed by atoms with Gasteiger partial charge in [-0.1, -0.05) is 18.2 Å². The van der Waals surface area contributed by atoms with Crippen LogP contribution in [0, 0.1) is 0 Å². The molecule has 3 fully saturated rings. The summed E-state index contributed by atoms with van der Waals surface area (Å²) < 4.78 is 77.8. The Morgan fingerprint density at radius 2 is 1.48 bits per heavy atom. The number of nitrogens with zero attached hydrogens (tertiary/aromatic N) is 2. The molecule has 0 radical (unpaired) electrons. The summed E-state index contributed by atoms with van der Waals surface area (Å²) in [5, 5.41) is 3.73. The Morgan fingerprint density at radius 1 is 0.897 bits per heavy atom. The Balaban J connectivity index is 1.70. The lowest BCUT2D eigenvalue weighted by atomic mass is 10.0. The highest BCUT2D eigenvalue weighted by atomic mass is 32.2. The number of para-hydroxylation sites is 1. The van der Waals surface area contributed by atoms with Crippen LogP contribution in [0.15, 0.2) is 41.4 Å². The molecule has 0 unspecified atom stereocenters. The van der Waals surface area contributed by atoms with Crippen molar-refractivity contribution in [2.24, 2.45) is 0 Å². The Labute approximate surface area is 169 Å². The fraction of sp³-hybridized carbons (Fsp3) is 0.471. The molecule has 29 heavy (non-hydrogen) atoms. The monoisotopic (exact) mass is 457 g/mol. The van der Waals surface area contributed by atoms with Gasteiger partial charge in [0.05, 0.1) is 40.6 Å². The van der Waals surface area contributed by atoms with Crippen molar-refractivity contribution in [3.05, 3.63) is 36.5 Å². The number of hydrogen-bond acceptors (Lipinski definition) is 8. The van der Waals surface area contributed by atoms with Crippen LogP contribution in [0.1, 0.15) is 0 Å². The summed E-state index contributed by atoms with van der Waals surface area (Å²) in [6.45, 7) is 0. The van der Waals surface area contributed by atoms with Crippen molar-refractivity contribution in [1.29, 1.82) is 0 Å². The number of fused-ring (bicyclic) bond motifs is 3. The summed E-state index contributed by atoms with van der Waals surface area (Å²) in [4.78, 5) is 4.17. The molecular formula is C17H19N3O6S3. The van der Waals surface area contributed by atoms with Crippen LogP contribution >= 0.6 is 0 Å². The fourth-order valence-corrected chi connectivity index (χ4v) is 10.8. The Bertz CT molecular complexity index is 1270. The molecule has 156 valence electrons. The summed E-state index contributed by atoms with van der Waals surface area (Å²) in [5.74, 6) is -1.07. The summed E-state index contributed by atoms with van der Waals surface area (Å²) in [5.41, 5.74) is 0.281. The third-order valence-corrected chi connectivity index (χ3v) is 11.3. The van der Waals surface area contributed by atoms with Crippen molar-refractivity contribution in [2.45, 2.75) is 29.1 Å². The quantitative estimate of drug-likeness (QED) is 0.618. The van der Waals surface area contributed by atoms with Gasteiger partial charge in [-0.3, -0.25) is 4.98 Å². The van der Waals surface area contributed by atoms with E-state index in [1.165, 1.54) is 12.3 Å². The zero-order valence-corrected chi connectivity index (χ0v) is 17.6. The number of hydrogen-bond donors (Lipinski definition) is 1. The molecule has 2 aromatic rings. The van der Waals surface area contributed by atoms with E-state index in [2.05, 4.69) is 10.3 Å².